The van der Waals surface area contributed by atoms with Gasteiger partial charge in [0.05, 0.1) is 17.4 Å². The summed E-state index contributed by atoms with van der Waals surface area (Å²) in [5, 5.41) is 3.02. The van der Waals surface area contributed by atoms with Gasteiger partial charge in [-0.2, -0.15) is 0 Å². The number of amides is 2. The second-order valence-corrected chi connectivity index (χ2v) is 6.70. The van der Waals surface area contributed by atoms with Gasteiger partial charge in [0.25, 0.3) is 5.91 Å². The Bertz CT molecular complexity index is 702. The number of nitrogens with one attached hydrogen (secondary N) is 1. The van der Waals surface area contributed by atoms with Crippen LogP contribution in [0.25, 0.3) is 0 Å². The number of hydrogen-bond acceptors (Lipinski definition) is 3. The standard InChI is InChI=1S/C19H22N2O2S/c1-14(15-9-5-4-6-10-15)20-19(23)16-11-7-8-12-17(16)24-13-18(22)21(2)3/h4-12,14H,13H2,1-3H3,(H,20,23). The van der Waals surface area contributed by atoms with Crippen molar-refractivity contribution in [3.8, 4) is 0 Å². The van der Waals surface area contributed by atoms with Crippen molar-refractivity contribution in [3.05, 3.63) is 65.7 Å². The molecule has 0 aliphatic carbocycles. The minimum atomic E-state index is -0.133. The molecule has 2 aromatic carbocycles. The van der Waals surface area contributed by atoms with E-state index in [9.17, 15) is 9.59 Å². The highest BCUT2D eigenvalue weighted by Gasteiger charge is 2.16. The maximum atomic E-state index is 12.6. The first-order valence-corrected chi connectivity index (χ1v) is 8.75. The van der Waals surface area contributed by atoms with Crippen molar-refractivity contribution in [2.24, 2.45) is 0 Å². The van der Waals surface area contributed by atoms with Crippen LogP contribution in [0.15, 0.2) is 59.5 Å². The zero-order chi connectivity index (χ0) is 17.5. The van der Waals surface area contributed by atoms with Gasteiger partial charge >= 0.3 is 0 Å². The summed E-state index contributed by atoms with van der Waals surface area (Å²) in [5.41, 5.74) is 1.65. The van der Waals surface area contributed by atoms with Gasteiger partial charge in [0.2, 0.25) is 5.91 Å². The number of thioether (sulfide) groups is 1. The zero-order valence-corrected chi connectivity index (χ0v) is 15.0. The fourth-order valence-corrected chi connectivity index (χ4v) is 3.18. The summed E-state index contributed by atoms with van der Waals surface area (Å²) in [6.07, 6.45) is 0. The van der Waals surface area contributed by atoms with Crippen LogP contribution in [-0.4, -0.2) is 36.6 Å². The smallest absolute Gasteiger partial charge is 0.252 e. The van der Waals surface area contributed by atoms with Crippen LogP contribution >= 0.6 is 11.8 Å². The Balaban J connectivity index is 2.08. The average molecular weight is 342 g/mol. The van der Waals surface area contributed by atoms with E-state index in [1.54, 1.807) is 25.1 Å². The summed E-state index contributed by atoms with van der Waals surface area (Å²) >= 11 is 1.38. The lowest BCUT2D eigenvalue weighted by atomic mass is 10.1. The minimum Gasteiger partial charge on any atom is -0.348 e. The lowest BCUT2D eigenvalue weighted by molar-refractivity contribution is -0.125. The first-order chi connectivity index (χ1) is 11.5. The molecule has 0 saturated carbocycles. The molecule has 0 saturated heterocycles. The maximum absolute atomic E-state index is 12.6. The second kappa shape index (κ2) is 8.55. The molecule has 24 heavy (non-hydrogen) atoms. The predicted molar refractivity (Wildman–Crippen MR) is 98.2 cm³/mol. The number of nitrogens with zero attached hydrogens (tertiary/aromatic N) is 1. The summed E-state index contributed by atoms with van der Waals surface area (Å²) < 4.78 is 0. The first kappa shape index (κ1) is 18.1. The van der Waals surface area contributed by atoms with Crippen LogP contribution < -0.4 is 5.32 Å². The topological polar surface area (TPSA) is 49.4 Å². The van der Waals surface area contributed by atoms with Gasteiger partial charge in [-0.05, 0) is 24.6 Å². The number of carbonyl (C=O) groups is 2. The van der Waals surface area contributed by atoms with E-state index in [1.165, 1.54) is 11.8 Å². The molecule has 0 heterocycles. The lowest BCUT2D eigenvalue weighted by Gasteiger charge is -2.16. The van der Waals surface area contributed by atoms with Crippen LogP contribution in [0.5, 0.6) is 0 Å². The van der Waals surface area contributed by atoms with E-state index in [4.69, 9.17) is 0 Å². The summed E-state index contributed by atoms with van der Waals surface area (Å²) in [5.74, 6) is 0.200. The van der Waals surface area contributed by atoms with Crippen LogP contribution in [0.2, 0.25) is 0 Å². The van der Waals surface area contributed by atoms with Gasteiger partial charge in [0, 0.05) is 19.0 Å². The number of benzene rings is 2. The zero-order valence-electron chi connectivity index (χ0n) is 14.2. The molecule has 0 bridgehead atoms. The Morgan fingerprint density at radius 2 is 1.67 bits per heavy atom. The molecule has 2 aromatic rings. The lowest BCUT2D eigenvalue weighted by Crippen LogP contribution is -2.27. The Hall–Kier alpha value is -2.27. The maximum Gasteiger partial charge on any atom is 0.252 e. The normalized spacial score (nSPS) is 11.6. The fourth-order valence-electron chi connectivity index (χ4n) is 2.15. The largest absolute Gasteiger partial charge is 0.348 e. The van der Waals surface area contributed by atoms with Gasteiger partial charge in [-0.15, -0.1) is 11.8 Å². The van der Waals surface area contributed by atoms with E-state index in [0.29, 0.717) is 11.3 Å². The third kappa shape index (κ3) is 4.86. The van der Waals surface area contributed by atoms with Gasteiger partial charge in [-0.3, -0.25) is 9.59 Å². The van der Waals surface area contributed by atoms with Crippen molar-refractivity contribution in [1.82, 2.24) is 10.2 Å². The monoisotopic (exact) mass is 342 g/mol. The highest BCUT2D eigenvalue weighted by atomic mass is 32.2. The van der Waals surface area contributed by atoms with Crippen molar-refractivity contribution in [1.29, 1.82) is 0 Å². The first-order valence-electron chi connectivity index (χ1n) is 7.77. The molecule has 0 radical (unpaired) electrons. The highest BCUT2D eigenvalue weighted by Crippen LogP contribution is 2.23. The summed E-state index contributed by atoms with van der Waals surface area (Å²) in [6, 6.07) is 17.1. The van der Waals surface area contributed by atoms with E-state index in [2.05, 4.69) is 5.32 Å². The van der Waals surface area contributed by atoms with Crippen LogP contribution in [0.4, 0.5) is 0 Å². The fraction of sp³-hybridized carbons (Fsp3) is 0.263. The molecule has 0 fully saturated rings. The molecular weight excluding hydrogens is 320 g/mol. The Labute approximate surface area is 147 Å². The van der Waals surface area contributed by atoms with Gasteiger partial charge in [-0.25, -0.2) is 0 Å². The van der Waals surface area contributed by atoms with Crippen molar-refractivity contribution in [3.63, 3.8) is 0 Å². The molecular formula is C19H22N2O2S. The van der Waals surface area contributed by atoms with E-state index >= 15 is 0 Å². The van der Waals surface area contributed by atoms with Crippen molar-refractivity contribution < 1.29 is 9.59 Å². The molecule has 2 amide bonds. The molecule has 0 spiro atoms. The van der Waals surface area contributed by atoms with Crippen LogP contribution in [-0.2, 0) is 4.79 Å². The Morgan fingerprint density at radius 3 is 2.33 bits per heavy atom. The van der Waals surface area contributed by atoms with E-state index in [0.717, 1.165) is 10.5 Å². The van der Waals surface area contributed by atoms with Crippen molar-refractivity contribution in [2.75, 3.05) is 19.8 Å². The molecule has 126 valence electrons. The van der Waals surface area contributed by atoms with Crippen LogP contribution in [0.1, 0.15) is 28.9 Å². The van der Waals surface area contributed by atoms with E-state index < -0.39 is 0 Å². The van der Waals surface area contributed by atoms with Gasteiger partial charge in [0.15, 0.2) is 0 Å². The van der Waals surface area contributed by atoms with Crippen molar-refractivity contribution >= 4 is 23.6 Å². The van der Waals surface area contributed by atoms with Gasteiger partial charge < -0.3 is 10.2 Å². The highest BCUT2D eigenvalue weighted by molar-refractivity contribution is 8.00. The molecule has 0 aromatic heterocycles. The molecule has 1 atom stereocenters. The number of hydrogen-bond donors (Lipinski definition) is 1. The summed E-state index contributed by atoms with van der Waals surface area (Å²) in [4.78, 5) is 26.7. The van der Waals surface area contributed by atoms with Gasteiger partial charge in [0.1, 0.15) is 0 Å². The summed E-state index contributed by atoms with van der Waals surface area (Å²) in [7, 11) is 3.45. The quantitative estimate of drug-likeness (QED) is 0.819. The third-order valence-electron chi connectivity index (χ3n) is 3.63. The van der Waals surface area contributed by atoms with Crippen molar-refractivity contribution in [2.45, 2.75) is 17.9 Å². The Kier molecular flexibility index (Phi) is 6.44. The van der Waals surface area contributed by atoms with Crippen LogP contribution in [0.3, 0.4) is 0 Å². The molecule has 1 unspecified atom stereocenters. The number of rotatable bonds is 6. The molecule has 4 nitrogen and oxygen atoms in total. The van der Waals surface area contributed by atoms with E-state index in [-0.39, 0.29) is 17.9 Å². The summed E-state index contributed by atoms with van der Waals surface area (Å²) in [6.45, 7) is 1.96. The van der Waals surface area contributed by atoms with Crippen LogP contribution in [0, 0.1) is 0 Å². The third-order valence-corrected chi connectivity index (χ3v) is 4.69. The molecule has 0 aliphatic rings. The minimum absolute atomic E-state index is 0.0212. The molecule has 2 rings (SSSR count). The SMILES string of the molecule is CC(NC(=O)c1ccccc1SCC(=O)N(C)C)c1ccccc1. The number of carbonyl (C=O) groups excluding carboxylic acids is 2. The second-order valence-electron chi connectivity index (χ2n) is 5.68. The average Bonchev–Trinajstić information content (AvgIpc) is 2.60. The predicted octanol–water partition coefficient (Wildman–Crippen LogP) is 3.36. The van der Waals surface area contributed by atoms with Gasteiger partial charge in [-0.1, -0.05) is 42.5 Å². The Morgan fingerprint density at radius 1 is 1.04 bits per heavy atom. The molecule has 5 heteroatoms. The molecule has 1 N–H and O–H groups in total. The molecule has 0 aliphatic heterocycles. The van der Waals surface area contributed by atoms with E-state index in [1.807, 2.05) is 55.5 Å².